The Morgan fingerprint density at radius 3 is 2.56 bits per heavy atom. The Morgan fingerprint density at radius 1 is 1.32 bits per heavy atom. The van der Waals surface area contributed by atoms with Crippen LogP contribution in [-0.2, 0) is 14.8 Å². The second kappa shape index (κ2) is 7.27. The summed E-state index contributed by atoms with van der Waals surface area (Å²) in [7, 11) is -3.10. The van der Waals surface area contributed by atoms with Crippen molar-refractivity contribution >= 4 is 10.0 Å². The van der Waals surface area contributed by atoms with Crippen LogP contribution in [0.25, 0.3) is 0 Å². The Balaban J connectivity index is 1.35. The fourth-order valence-electron chi connectivity index (χ4n) is 4.55. The summed E-state index contributed by atoms with van der Waals surface area (Å²) in [5, 5.41) is 10.2. The first-order chi connectivity index (χ1) is 11.7. The van der Waals surface area contributed by atoms with Crippen LogP contribution < -0.4 is 0 Å². The monoisotopic (exact) mass is 372 g/mol. The second-order valence-corrected chi connectivity index (χ2v) is 10.4. The van der Waals surface area contributed by atoms with Crippen molar-refractivity contribution in [1.82, 2.24) is 9.21 Å². The predicted molar refractivity (Wildman–Crippen MR) is 97.8 cm³/mol. The lowest BCUT2D eigenvalue weighted by molar-refractivity contribution is -0.0268. The quantitative estimate of drug-likeness (QED) is 0.674. The average Bonchev–Trinajstić information content (AvgIpc) is 2.54. The third-order valence-corrected chi connectivity index (χ3v) is 7.73. The van der Waals surface area contributed by atoms with Gasteiger partial charge in [-0.25, -0.2) is 8.42 Å². The molecular weight excluding hydrogens is 340 g/mol. The minimum absolute atomic E-state index is 0.334. The fraction of sp³-hybridized carbons (Fsp3) is 0.889. The Bertz CT molecular complexity index is 609. The molecule has 0 spiro atoms. The molecule has 1 heterocycles. The molecule has 6 nitrogen and oxygen atoms in total. The van der Waals surface area contributed by atoms with E-state index in [9.17, 15) is 13.5 Å². The van der Waals surface area contributed by atoms with Gasteiger partial charge in [-0.2, -0.15) is 4.31 Å². The van der Waals surface area contributed by atoms with E-state index in [1.807, 2.05) is 0 Å². The van der Waals surface area contributed by atoms with Crippen molar-refractivity contribution < 1.29 is 18.3 Å². The number of allylic oxidation sites excluding steroid dienone is 1. The van der Waals surface area contributed by atoms with Crippen molar-refractivity contribution in [3.63, 3.8) is 0 Å². The highest BCUT2D eigenvalue weighted by atomic mass is 32.2. The summed E-state index contributed by atoms with van der Waals surface area (Å²) in [5.41, 5.74) is 1.81. The van der Waals surface area contributed by atoms with Crippen LogP contribution in [0.3, 0.4) is 0 Å². The van der Waals surface area contributed by atoms with Gasteiger partial charge in [0.25, 0.3) is 0 Å². The van der Waals surface area contributed by atoms with Gasteiger partial charge >= 0.3 is 0 Å². The molecule has 3 aliphatic carbocycles. The van der Waals surface area contributed by atoms with E-state index in [2.05, 4.69) is 24.8 Å². The molecule has 1 saturated heterocycles. The normalized spacial score (nSPS) is 31.3. The molecule has 2 fully saturated rings. The lowest BCUT2D eigenvalue weighted by Crippen LogP contribution is -2.50. The third kappa shape index (κ3) is 4.27. The molecule has 4 rings (SSSR count). The van der Waals surface area contributed by atoms with E-state index in [0.29, 0.717) is 57.3 Å². The second-order valence-electron chi connectivity index (χ2n) is 8.45. The molecule has 1 aliphatic heterocycles. The highest BCUT2D eigenvalue weighted by Gasteiger charge is 2.50. The van der Waals surface area contributed by atoms with E-state index in [1.165, 1.54) is 22.6 Å². The molecule has 0 aromatic carbocycles. The van der Waals surface area contributed by atoms with Gasteiger partial charge < -0.3 is 9.84 Å². The van der Waals surface area contributed by atoms with Crippen LogP contribution in [-0.4, -0.2) is 81.0 Å². The molecule has 0 amide bonds. The standard InChI is InChI=1S/C18H32N2O4S/c1-18(2)15-5-4-14(17(18)10-15)12-24-13-16(21)11-19-6-8-20(9-7-19)25(3,22)23/h4,15-17,21H,5-13H2,1-3H3. The van der Waals surface area contributed by atoms with Crippen LogP contribution in [0.15, 0.2) is 11.6 Å². The van der Waals surface area contributed by atoms with Gasteiger partial charge in [-0.05, 0) is 35.7 Å². The van der Waals surface area contributed by atoms with Crippen molar-refractivity contribution in [1.29, 1.82) is 0 Å². The lowest BCUT2D eigenvalue weighted by atomic mass is 9.49. The summed E-state index contributed by atoms with van der Waals surface area (Å²) in [6.07, 6.45) is 5.50. The van der Waals surface area contributed by atoms with Crippen molar-refractivity contribution in [2.45, 2.75) is 32.8 Å². The summed E-state index contributed by atoms with van der Waals surface area (Å²) in [6, 6.07) is 0. The first-order valence-corrected chi connectivity index (χ1v) is 11.1. The largest absolute Gasteiger partial charge is 0.389 e. The van der Waals surface area contributed by atoms with Crippen molar-refractivity contribution in [3.05, 3.63) is 11.6 Å². The molecule has 3 atom stereocenters. The number of hydrogen-bond acceptors (Lipinski definition) is 5. The SMILES string of the molecule is CC1(C)C2CC=C(COCC(O)CN3CCN(S(C)(=O)=O)CC3)C1C2. The van der Waals surface area contributed by atoms with Crippen LogP contribution >= 0.6 is 0 Å². The molecule has 0 radical (unpaired) electrons. The predicted octanol–water partition coefficient (Wildman–Crippen LogP) is 0.934. The third-order valence-electron chi connectivity index (χ3n) is 6.43. The Kier molecular flexibility index (Phi) is 5.61. The molecule has 0 aromatic rings. The number of β-amino-alcohol motifs (C(OH)–C–C–N with tert-alkyl or cyclic N) is 1. The van der Waals surface area contributed by atoms with Crippen LogP contribution in [0.4, 0.5) is 0 Å². The van der Waals surface area contributed by atoms with Crippen LogP contribution in [0.5, 0.6) is 0 Å². The number of aliphatic hydroxyl groups is 1. The van der Waals surface area contributed by atoms with Gasteiger partial charge in [-0.3, -0.25) is 4.90 Å². The van der Waals surface area contributed by atoms with Crippen LogP contribution in [0.1, 0.15) is 26.7 Å². The highest BCUT2D eigenvalue weighted by Crippen LogP contribution is 2.59. The molecule has 2 bridgehead atoms. The highest BCUT2D eigenvalue weighted by molar-refractivity contribution is 7.88. The first kappa shape index (κ1) is 19.3. The number of fused-ring (bicyclic) bond motifs is 1. The maximum atomic E-state index is 11.5. The van der Waals surface area contributed by atoms with E-state index in [-0.39, 0.29) is 0 Å². The number of rotatable bonds is 7. The van der Waals surface area contributed by atoms with Crippen molar-refractivity contribution in [3.8, 4) is 0 Å². The molecule has 4 aliphatic rings. The molecule has 144 valence electrons. The van der Waals surface area contributed by atoms with E-state index in [0.717, 1.165) is 12.3 Å². The molecule has 25 heavy (non-hydrogen) atoms. The molecule has 1 saturated carbocycles. The van der Waals surface area contributed by atoms with E-state index in [1.54, 1.807) is 0 Å². The Labute approximate surface area is 151 Å². The van der Waals surface area contributed by atoms with Crippen LogP contribution in [0, 0.1) is 17.3 Å². The Morgan fingerprint density at radius 2 is 2.00 bits per heavy atom. The lowest BCUT2D eigenvalue weighted by Gasteiger charge is -2.56. The van der Waals surface area contributed by atoms with Gasteiger partial charge in [0.2, 0.25) is 10.0 Å². The zero-order chi connectivity index (χ0) is 18.2. The molecule has 0 aromatic heterocycles. The smallest absolute Gasteiger partial charge is 0.211 e. The van der Waals surface area contributed by atoms with Crippen LogP contribution in [0.2, 0.25) is 0 Å². The summed E-state index contributed by atoms with van der Waals surface area (Å²) in [5.74, 6) is 1.48. The maximum absolute atomic E-state index is 11.5. The number of ether oxygens (including phenoxy) is 1. The molecule has 7 heteroatoms. The van der Waals surface area contributed by atoms with Gasteiger partial charge in [-0.1, -0.05) is 19.9 Å². The fourth-order valence-corrected chi connectivity index (χ4v) is 5.37. The summed E-state index contributed by atoms with van der Waals surface area (Å²) in [6.45, 7) is 8.51. The van der Waals surface area contributed by atoms with E-state index in [4.69, 9.17) is 4.74 Å². The number of nitrogens with zero attached hydrogens (tertiary/aromatic N) is 2. The summed E-state index contributed by atoms with van der Waals surface area (Å²) < 4.78 is 30.3. The molecular formula is C18H32N2O4S. The number of hydrogen-bond donors (Lipinski definition) is 1. The minimum Gasteiger partial charge on any atom is -0.389 e. The topological polar surface area (TPSA) is 70.1 Å². The van der Waals surface area contributed by atoms with Gasteiger partial charge in [-0.15, -0.1) is 0 Å². The zero-order valence-corrected chi connectivity index (χ0v) is 16.5. The van der Waals surface area contributed by atoms with Gasteiger partial charge in [0.05, 0.1) is 25.6 Å². The number of aliphatic hydroxyl groups excluding tert-OH is 1. The van der Waals surface area contributed by atoms with Gasteiger partial charge in [0, 0.05) is 32.7 Å². The van der Waals surface area contributed by atoms with E-state index >= 15 is 0 Å². The zero-order valence-electron chi connectivity index (χ0n) is 15.6. The summed E-state index contributed by atoms with van der Waals surface area (Å²) >= 11 is 0. The van der Waals surface area contributed by atoms with Crippen molar-refractivity contribution in [2.75, 3.05) is 52.2 Å². The number of sulfonamides is 1. The number of piperazine rings is 1. The maximum Gasteiger partial charge on any atom is 0.211 e. The van der Waals surface area contributed by atoms with Gasteiger partial charge in [0.15, 0.2) is 0 Å². The van der Waals surface area contributed by atoms with Crippen molar-refractivity contribution in [2.24, 2.45) is 17.3 Å². The molecule has 3 unspecified atom stereocenters. The summed E-state index contributed by atoms with van der Waals surface area (Å²) in [4.78, 5) is 2.11. The average molecular weight is 373 g/mol. The van der Waals surface area contributed by atoms with E-state index < -0.39 is 16.1 Å². The molecule has 1 N–H and O–H groups in total. The van der Waals surface area contributed by atoms with Gasteiger partial charge in [0.1, 0.15) is 0 Å². The first-order valence-electron chi connectivity index (χ1n) is 9.30. The Hall–Kier alpha value is -0.470. The minimum atomic E-state index is -3.10.